The standard InChI is InChI=1S/C21H26N2O2/c1-16-10-12-23(13-11-16)20-8-6-19(7-9-20)22-21(24)18-5-3-4-17(14-18)15-25-2/h3-9,14,16H,10-13,15H2,1-2H3,(H,22,24). The molecule has 1 aliphatic heterocycles. The molecule has 1 fully saturated rings. The molecule has 25 heavy (non-hydrogen) atoms. The van der Waals surface area contributed by atoms with Crippen molar-refractivity contribution in [3.63, 3.8) is 0 Å². The first-order valence-electron chi connectivity index (χ1n) is 8.90. The molecule has 1 N–H and O–H groups in total. The Hall–Kier alpha value is -2.33. The van der Waals surface area contributed by atoms with Gasteiger partial charge in [0.15, 0.2) is 0 Å². The highest BCUT2D eigenvalue weighted by atomic mass is 16.5. The average molecular weight is 338 g/mol. The van der Waals surface area contributed by atoms with Crippen LogP contribution in [0.25, 0.3) is 0 Å². The van der Waals surface area contributed by atoms with Crippen molar-refractivity contribution in [1.29, 1.82) is 0 Å². The van der Waals surface area contributed by atoms with Gasteiger partial charge in [0.25, 0.3) is 5.91 Å². The minimum absolute atomic E-state index is 0.0995. The zero-order valence-electron chi connectivity index (χ0n) is 15.0. The summed E-state index contributed by atoms with van der Waals surface area (Å²) in [4.78, 5) is 14.8. The lowest BCUT2D eigenvalue weighted by Crippen LogP contribution is -2.32. The zero-order chi connectivity index (χ0) is 17.6. The Morgan fingerprint density at radius 2 is 1.88 bits per heavy atom. The third-order valence-corrected chi connectivity index (χ3v) is 4.77. The van der Waals surface area contributed by atoms with Crippen LogP contribution in [0.1, 0.15) is 35.7 Å². The first-order valence-corrected chi connectivity index (χ1v) is 8.90. The van der Waals surface area contributed by atoms with Crippen molar-refractivity contribution < 1.29 is 9.53 Å². The number of nitrogens with zero attached hydrogens (tertiary/aromatic N) is 1. The molecule has 0 spiro atoms. The molecule has 1 heterocycles. The Balaban J connectivity index is 1.63. The highest BCUT2D eigenvalue weighted by Gasteiger charge is 2.16. The fraction of sp³-hybridized carbons (Fsp3) is 0.381. The van der Waals surface area contributed by atoms with Gasteiger partial charge >= 0.3 is 0 Å². The molecule has 2 aromatic carbocycles. The maximum atomic E-state index is 12.4. The molecule has 0 radical (unpaired) electrons. The number of hydrogen-bond acceptors (Lipinski definition) is 3. The fourth-order valence-electron chi connectivity index (χ4n) is 3.19. The average Bonchev–Trinajstić information content (AvgIpc) is 2.64. The summed E-state index contributed by atoms with van der Waals surface area (Å²) < 4.78 is 5.12. The lowest BCUT2D eigenvalue weighted by Gasteiger charge is -2.32. The van der Waals surface area contributed by atoms with Gasteiger partial charge in [-0.2, -0.15) is 0 Å². The zero-order valence-corrected chi connectivity index (χ0v) is 15.0. The van der Waals surface area contributed by atoms with Gasteiger partial charge in [0, 0.05) is 37.1 Å². The van der Waals surface area contributed by atoms with E-state index in [2.05, 4.69) is 29.3 Å². The Kier molecular flexibility index (Phi) is 5.71. The molecule has 132 valence electrons. The second kappa shape index (κ2) is 8.17. The number of benzene rings is 2. The molecule has 3 rings (SSSR count). The summed E-state index contributed by atoms with van der Waals surface area (Å²) in [6.07, 6.45) is 2.49. The number of nitrogens with one attached hydrogen (secondary N) is 1. The van der Waals surface area contributed by atoms with Crippen molar-refractivity contribution in [3.05, 3.63) is 59.7 Å². The van der Waals surface area contributed by atoms with E-state index in [0.29, 0.717) is 12.2 Å². The van der Waals surface area contributed by atoms with Gasteiger partial charge in [0.2, 0.25) is 0 Å². The molecule has 0 atom stereocenters. The number of amides is 1. The smallest absolute Gasteiger partial charge is 0.255 e. The van der Waals surface area contributed by atoms with Crippen molar-refractivity contribution in [2.24, 2.45) is 5.92 Å². The van der Waals surface area contributed by atoms with Crippen LogP contribution in [0.3, 0.4) is 0 Å². The maximum absolute atomic E-state index is 12.4. The molecular weight excluding hydrogens is 312 g/mol. The number of carbonyl (C=O) groups excluding carboxylic acids is 1. The Bertz CT molecular complexity index is 704. The van der Waals surface area contributed by atoms with Gasteiger partial charge < -0.3 is 15.0 Å². The van der Waals surface area contributed by atoms with Crippen LogP contribution in [-0.2, 0) is 11.3 Å². The molecule has 1 amide bonds. The quantitative estimate of drug-likeness (QED) is 0.883. The molecule has 0 bridgehead atoms. The summed E-state index contributed by atoms with van der Waals surface area (Å²) in [5, 5.41) is 2.97. The summed E-state index contributed by atoms with van der Waals surface area (Å²) >= 11 is 0. The number of methoxy groups -OCH3 is 1. The van der Waals surface area contributed by atoms with E-state index >= 15 is 0 Å². The number of ether oxygens (including phenoxy) is 1. The minimum Gasteiger partial charge on any atom is -0.380 e. The van der Waals surface area contributed by atoms with Gasteiger partial charge in [-0.3, -0.25) is 4.79 Å². The van der Waals surface area contributed by atoms with Gasteiger partial charge in [0.05, 0.1) is 6.61 Å². The van der Waals surface area contributed by atoms with E-state index in [0.717, 1.165) is 30.3 Å². The van der Waals surface area contributed by atoms with E-state index in [9.17, 15) is 4.79 Å². The first-order chi connectivity index (χ1) is 12.2. The third-order valence-electron chi connectivity index (χ3n) is 4.77. The maximum Gasteiger partial charge on any atom is 0.255 e. The van der Waals surface area contributed by atoms with Gasteiger partial charge in [-0.05, 0) is 60.7 Å². The monoisotopic (exact) mass is 338 g/mol. The van der Waals surface area contributed by atoms with E-state index in [4.69, 9.17) is 4.74 Å². The summed E-state index contributed by atoms with van der Waals surface area (Å²) in [6.45, 7) is 5.04. The number of piperidine rings is 1. The molecule has 4 heteroatoms. The summed E-state index contributed by atoms with van der Waals surface area (Å²) in [7, 11) is 1.65. The van der Waals surface area contributed by atoms with Gasteiger partial charge in [-0.25, -0.2) is 0 Å². The van der Waals surface area contributed by atoms with Crippen molar-refractivity contribution in [2.75, 3.05) is 30.4 Å². The van der Waals surface area contributed by atoms with Crippen LogP contribution in [0.5, 0.6) is 0 Å². The van der Waals surface area contributed by atoms with E-state index in [1.54, 1.807) is 7.11 Å². The lowest BCUT2D eigenvalue weighted by molar-refractivity contribution is 0.102. The molecule has 1 saturated heterocycles. The van der Waals surface area contributed by atoms with E-state index in [1.165, 1.54) is 18.5 Å². The highest BCUT2D eigenvalue weighted by molar-refractivity contribution is 6.04. The SMILES string of the molecule is COCc1cccc(C(=O)Nc2ccc(N3CCC(C)CC3)cc2)c1. The predicted octanol–water partition coefficient (Wildman–Crippen LogP) is 4.32. The Morgan fingerprint density at radius 3 is 2.56 bits per heavy atom. The van der Waals surface area contributed by atoms with Crippen LogP contribution in [0.15, 0.2) is 48.5 Å². The number of hydrogen-bond donors (Lipinski definition) is 1. The molecular formula is C21H26N2O2. The normalized spacial score (nSPS) is 15.2. The predicted molar refractivity (Wildman–Crippen MR) is 102 cm³/mol. The molecule has 4 nitrogen and oxygen atoms in total. The van der Waals surface area contributed by atoms with Gasteiger partial charge in [-0.15, -0.1) is 0 Å². The summed E-state index contributed by atoms with van der Waals surface area (Å²) in [5.41, 5.74) is 3.68. The number of rotatable bonds is 5. The van der Waals surface area contributed by atoms with Gasteiger partial charge in [-0.1, -0.05) is 19.1 Å². The lowest BCUT2D eigenvalue weighted by atomic mass is 9.99. The minimum atomic E-state index is -0.0995. The molecule has 0 aromatic heterocycles. The van der Waals surface area contributed by atoms with E-state index < -0.39 is 0 Å². The second-order valence-electron chi connectivity index (χ2n) is 6.80. The number of carbonyl (C=O) groups is 1. The summed E-state index contributed by atoms with van der Waals surface area (Å²) in [6, 6.07) is 15.6. The van der Waals surface area contributed by atoms with Crippen LogP contribution < -0.4 is 10.2 Å². The fourth-order valence-corrected chi connectivity index (χ4v) is 3.19. The van der Waals surface area contributed by atoms with E-state index in [-0.39, 0.29) is 5.91 Å². The molecule has 0 aliphatic carbocycles. The van der Waals surface area contributed by atoms with Crippen LogP contribution in [0.2, 0.25) is 0 Å². The Labute approximate surface area is 149 Å². The molecule has 0 unspecified atom stereocenters. The molecule has 2 aromatic rings. The summed E-state index contributed by atoms with van der Waals surface area (Å²) in [5.74, 6) is 0.723. The van der Waals surface area contributed by atoms with E-state index in [1.807, 2.05) is 36.4 Å². The number of anilines is 2. The highest BCUT2D eigenvalue weighted by Crippen LogP contribution is 2.24. The second-order valence-corrected chi connectivity index (χ2v) is 6.80. The van der Waals surface area contributed by atoms with Crippen molar-refractivity contribution in [2.45, 2.75) is 26.4 Å². The van der Waals surface area contributed by atoms with Crippen molar-refractivity contribution in [1.82, 2.24) is 0 Å². The molecule has 1 aliphatic rings. The molecule has 0 saturated carbocycles. The van der Waals surface area contributed by atoms with Gasteiger partial charge in [0.1, 0.15) is 0 Å². The van der Waals surface area contributed by atoms with Crippen LogP contribution in [0.4, 0.5) is 11.4 Å². The first kappa shape index (κ1) is 17.5. The van der Waals surface area contributed by atoms with Crippen LogP contribution >= 0.6 is 0 Å². The largest absolute Gasteiger partial charge is 0.380 e. The topological polar surface area (TPSA) is 41.6 Å². The Morgan fingerprint density at radius 1 is 1.16 bits per heavy atom. The van der Waals surface area contributed by atoms with Crippen LogP contribution in [-0.4, -0.2) is 26.1 Å². The van der Waals surface area contributed by atoms with Crippen molar-refractivity contribution >= 4 is 17.3 Å². The van der Waals surface area contributed by atoms with Crippen LogP contribution in [0, 0.1) is 5.92 Å². The van der Waals surface area contributed by atoms with Crippen molar-refractivity contribution in [3.8, 4) is 0 Å². The third kappa shape index (κ3) is 4.60.